The van der Waals surface area contributed by atoms with Gasteiger partial charge in [-0.05, 0) is 49.0 Å². The lowest BCUT2D eigenvalue weighted by Crippen LogP contribution is -2.06. The van der Waals surface area contributed by atoms with E-state index in [0.717, 1.165) is 28.2 Å². The van der Waals surface area contributed by atoms with Crippen molar-refractivity contribution in [3.63, 3.8) is 0 Å². The van der Waals surface area contributed by atoms with Crippen LogP contribution in [0.2, 0.25) is 0 Å². The maximum Gasteiger partial charge on any atom is 0.416 e. The van der Waals surface area contributed by atoms with Crippen LogP contribution in [0.3, 0.4) is 0 Å². The fourth-order valence-corrected chi connectivity index (χ4v) is 2.33. The first-order valence-corrected chi connectivity index (χ1v) is 7.36. The molecule has 0 amide bonds. The third-order valence-corrected chi connectivity index (χ3v) is 3.82. The molecule has 2 aromatic carbocycles. The third kappa shape index (κ3) is 4.24. The van der Waals surface area contributed by atoms with Gasteiger partial charge in [0.15, 0.2) is 0 Å². The Bertz CT molecular complexity index is 754. The van der Waals surface area contributed by atoms with Gasteiger partial charge in [-0.15, -0.1) is 0 Å². The molecule has 0 heterocycles. The molecule has 0 saturated carbocycles. The van der Waals surface area contributed by atoms with Crippen molar-refractivity contribution in [2.75, 3.05) is 7.05 Å². The van der Waals surface area contributed by atoms with E-state index in [-0.39, 0.29) is 11.3 Å². The van der Waals surface area contributed by atoms with Crippen LogP contribution in [0.15, 0.2) is 40.9 Å². The third-order valence-electron chi connectivity index (χ3n) is 3.04. The number of hydrogen-bond donors (Lipinski definition) is 1. The van der Waals surface area contributed by atoms with Gasteiger partial charge in [0.2, 0.25) is 0 Å². The van der Waals surface area contributed by atoms with Crippen molar-refractivity contribution < 1.29 is 17.9 Å². The summed E-state index contributed by atoms with van der Waals surface area (Å²) in [6.07, 6.45) is -4.50. The van der Waals surface area contributed by atoms with Gasteiger partial charge in [-0.3, -0.25) is 0 Å². The minimum absolute atomic E-state index is 0.0380. The number of hydrogen-bond acceptors (Lipinski definition) is 3. The number of nitrogens with zero attached hydrogens (tertiary/aromatic N) is 1. The summed E-state index contributed by atoms with van der Waals surface area (Å²) in [5.74, 6) is 0.231. The highest BCUT2D eigenvalue weighted by Gasteiger charge is 2.31. The number of nitrogens with one attached hydrogen (secondary N) is 1. The first-order chi connectivity index (χ1) is 10.8. The molecule has 23 heavy (non-hydrogen) atoms. The molecule has 0 radical (unpaired) electrons. The Morgan fingerprint density at radius 3 is 2.57 bits per heavy atom. The van der Waals surface area contributed by atoms with Gasteiger partial charge in [0, 0.05) is 11.0 Å². The standard InChI is InChI=1S/C16H12BrF3N2O/c1-22-9-11-6-13(4-5-14(11)17)23-15-7-12(16(18,19)20)3-2-10(15)8-21/h2-7,22H,9H2,1H3. The van der Waals surface area contributed by atoms with Gasteiger partial charge in [0.1, 0.15) is 17.6 Å². The Hall–Kier alpha value is -2.04. The van der Waals surface area contributed by atoms with Crippen molar-refractivity contribution in [3.05, 3.63) is 57.6 Å². The number of ether oxygens (including phenoxy) is 1. The molecule has 0 aliphatic carbocycles. The predicted molar refractivity (Wildman–Crippen MR) is 83.1 cm³/mol. The summed E-state index contributed by atoms with van der Waals surface area (Å²) in [6, 6.07) is 9.68. The first kappa shape index (κ1) is 17.3. The molecule has 0 bridgehead atoms. The Labute approximate surface area is 139 Å². The Morgan fingerprint density at radius 2 is 1.96 bits per heavy atom. The van der Waals surface area contributed by atoms with E-state index in [1.54, 1.807) is 25.2 Å². The molecule has 2 aromatic rings. The molecule has 1 N–H and O–H groups in total. The molecular formula is C16H12BrF3N2O. The molecule has 0 unspecified atom stereocenters. The topological polar surface area (TPSA) is 45.0 Å². The van der Waals surface area contributed by atoms with Crippen LogP contribution < -0.4 is 10.1 Å². The van der Waals surface area contributed by atoms with Crippen LogP contribution in [0, 0.1) is 11.3 Å². The van der Waals surface area contributed by atoms with E-state index in [2.05, 4.69) is 21.2 Å². The highest BCUT2D eigenvalue weighted by atomic mass is 79.9. The summed E-state index contributed by atoms with van der Waals surface area (Å²) in [4.78, 5) is 0. The van der Waals surface area contributed by atoms with Gasteiger partial charge in [0.05, 0.1) is 11.1 Å². The summed E-state index contributed by atoms with van der Waals surface area (Å²) in [5.41, 5.74) is 0.0608. The molecule has 7 heteroatoms. The van der Waals surface area contributed by atoms with Gasteiger partial charge in [0.25, 0.3) is 0 Å². The SMILES string of the molecule is CNCc1cc(Oc2cc(C(F)(F)F)ccc2C#N)ccc1Br. The van der Waals surface area contributed by atoms with E-state index in [9.17, 15) is 13.2 Å². The Balaban J connectivity index is 2.39. The first-order valence-electron chi connectivity index (χ1n) is 6.57. The molecule has 2 rings (SSSR count). The van der Waals surface area contributed by atoms with Crippen molar-refractivity contribution in [2.45, 2.75) is 12.7 Å². The summed E-state index contributed by atoms with van der Waals surface area (Å²) >= 11 is 3.39. The Morgan fingerprint density at radius 1 is 1.22 bits per heavy atom. The lowest BCUT2D eigenvalue weighted by atomic mass is 10.1. The van der Waals surface area contributed by atoms with Crippen molar-refractivity contribution in [2.24, 2.45) is 0 Å². The van der Waals surface area contributed by atoms with Gasteiger partial charge in [-0.25, -0.2) is 0 Å². The molecule has 0 fully saturated rings. The second kappa shape index (κ2) is 7.02. The van der Waals surface area contributed by atoms with Gasteiger partial charge >= 0.3 is 6.18 Å². The molecule has 0 aliphatic rings. The van der Waals surface area contributed by atoms with E-state index in [1.807, 2.05) is 6.07 Å². The van der Waals surface area contributed by atoms with Gasteiger partial charge in [-0.1, -0.05) is 15.9 Å². The van der Waals surface area contributed by atoms with Crippen LogP contribution >= 0.6 is 15.9 Å². The zero-order valence-corrected chi connectivity index (χ0v) is 13.6. The average Bonchev–Trinajstić information content (AvgIpc) is 2.50. The molecular weight excluding hydrogens is 373 g/mol. The fraction of sp³-hybridized carbons (Fsp3) is 0.188. The quantitative estimate of drug-likeness (QED) is 0.819. The predicted octanol–water partition coefficient (Wildman–Crippen LogP) is 4.85. The van der Waals surface area contributed by atoms with E-state index in [0.29, 0.717) is 12.3 Å². The summed E-state index contributed by atoms with van der Waals surface area (Å²) in [6.45, 7) is 0.561. The fourth-order valence-electron chi connectivity index (χ4n) is 1.94. The van der Waals surface area contributed by atoms with Crippen LogP contribution in [-0.2, 0) is 12.7 Å². The molecule has 3 nitrogen and oxygen atoms in total. The van der Waals surface area contributed by atoms with E-state index in [4.69, 9.17) is 10.00 Å². The maximum absolute atomic E-state index is 12.8. The Kier molecular flexibility index (Phi) is 5.29. The number of alkyl halides is 3. The zero-order valence-electron chi connectivity index (χ0n) is 12.0. The van der Waals surface area contributed by atoms with Gasteiger partial charge in [-0.2, -0.15) is 18.4 Å². The van der Waals surface area contributed by atoms with Crippen molar-refractivity contribution in [1.29, 1.82) is 5.26 Å². The van der Waals surface area contributed by atoms with E-state index >= 15 is 0 Å². The van der Waals surface area contributed by atoms with Crippen molar-refractivity contribution in [1.82, 2.24) is 5.32 Å². The van der Waals surface area contributed by atoms with Crippen molar-refractivity contribution in [3.8, 4) is 17.6 Å². The number of halogens is 4. The van der Waals surface area contributed by atoms with Crippen molar-refractivity contribution >= 4 is 15.9 Å². The molecule has 0 aliphatic heterocycles. The van der Waals surface area contributed by atoms with E-state index < -0.39 is 11.7 Å². The minimum atomic E-state index is -4.50. The van der Waals surface area contributed by atoms with Crippen LogP contribution in [0.4, 0.5) is 13.2 Å². The normalized spacial score (nSPS) is 11.1. The molecule has 0 atom stereocenters. The highest BCUT2D eigenvalue weighted by Crippen LogP contribution is 2.35. The number of nitriles is 1. The summed E-state index contributed by atoms with van der Waals surface area (Å²) in [7, 11) is 1.78. The molecule has 0 aromatic heterocycles. The lowest BCUT2D eigenvalue weighted by Gasteiger charge is -2.13. The second-order valence-corrected chi connectivity index (χ2v) is 5.56. The van der Waals surface area contributed by atoms with Crippen LogP contribution in [0.5, 0.6) is 11.5 Å². The summed E-state index contributed by atoms with van der Waals surface area (Å²) < 4.78 is 44.8. The monoisotopic (exact) mass is 384 g/mol. The average molecular weight is 385 g/mol. The minimum Gasteiger partial charge on any atom is -0.456 e. The zero-order chi connectivity index (χ0) is 17.0. The lowest BCUT2D eigenvalue weighted by molar-refractivity contribution is -0.137. The van der Waals surface area contributed by atoms with Crippen LogP contribution in [-0.4, -0.2) is 7.05 Å². The maximum atomic E-state index is 12.8. The highest BCUT2D eigenvalue weighted by molar-refractivity contribution is 9.10. The number of benzene rings is 2. The second-order valence-electron chi connectivity index (χ2n) is 4.71. The van der Waals surface area contributed by atoms with Crippen LogP contribution in [0.25, 0.3) is 0 Å². The summed E-state index contributed by atoms with van der Waals surface area (Å²) in [5, 5.41) is 12.0. The van der Waals surface area contributed by atoms with E-state index in [1.165, 1.54) is 0 Å². The molecule has 120 valence electrons. The molecule has 0 saturated heterocycles. The smallest absolute Gasteiger partial charge is 0.416 e. The number of rotatable bonds is 4. The largest absolute Gasteiger partial charge is 0.456 e. The van der Waals surface area contributed by atoms with Gasteiger partial charge < -0.3 is 10.1 Å². The molecule has 0 spiro atoms. The van der Waals surface area contributed by atoms with Crippen LogP contribution in [0.1, 0.15) is 16.7 Å².